The Morgan fingerprint density at radius 2 is 2.42 bits per heavy atom. The minimum absolute atomic E-state index is 0.561. The van der Waals surface area contributed by atoms with E-state index in [-0.39, 0.29) is 0 Å². The second kappa shape index (κ2) is 2.67. The van der Waals surface area contributed by atoms with Crippen molar-refractivity contribution in [2.45, 2.75) is 12.1 Å². The Morgan fingerprint density at radius 1 is 1.58 bits per heavy atom. The van der Waals surface area contributed by atoms with E-state index in [9.17, 15) is 0 Å². The summed E-state index contributed by atoms with van der Waals surface area (Å²) in [5.41, 5.74) is 0. The maximum atomic E-state index is 5.51. The Labute approximate surface area is 72.7 Å². The minimum atomic E-state index is 0.561. The third-order valence-corrected chi connectivity index (χ3v) is 2.19. The van der Waals surface area contributed by atoms with Gasteiger partial charge in [0.25, 0.3) is 5.78 Å². The van der Waals surface area contributed by atoms with Crippen LogP contribution < -0.4 is 5.84 Å². The van der Waals surface area contributed by atoms with Gasteiger partial charge in [-0.15, -0.1) is 10.2 Å². The zero-order chi connectivity index (χ0) is 8.55. The molecule has 64 valence electrons. The molecule has 0 spiro atoms. The predicted octanol–water partition coefficient (Wildman–Crippen LogP) is -0.248. The van der Waals surface area contributed by atoms with E-state index < -0.39 is 0 Å². The number of aromatic nitrogens is 5. The van der Waals surface area contributed by atoms with E-state index in [4.69, 9.17) is 5.84 Å². The molecule has 2 aromatic heterocycles. The van der Waals surface area contributed by atoms with Crippen molar-refractivity contribution in [1.82, 2.24) is 24.5 Å². The Bertz CT molecular complexity index is 389. The highest BCUT2D eigenvalue weighted by atomic mass is 32.2. The fraction of sp³-hybridized carbons (Fsp3) is 0.400. The molecule has 0 radical (unpaired) electrons. The Hall–Kier alpha value is -1.24. The number of hydrogen-bond acceptors (Lipinski definition) is 5. The van der Waals surface area contributed by atoms with Gasteiger partial charge in [-0.3, -0.25) is 0 Å². The van der Waals surface area contributed by atoms with Gasteiger partial charge in [-0.25, -0.2) is 4.68 Å². The van der Waals surface area contributed by atoms with Gasteiger partial charge >= 0.3 is 0 Å². The molecular formula is C5H8N6S. The first kappa shape index (κ1) is 7.41. The van der Waals surface area contributed by atoms with Crippen molar-refractivity contribution in [3.05, 3.63) is 6.33 Å². The molecule has 0 aromatic carbocycles. The first-order valence-electron chi connectivity index (χ1n) is 3.49. The summed E-state index contributed by atoms with van der Waals surface area (Å²) >= 11 is 1.58. The summed E-state index contributed by atoms with van der Waals surface area (Å²) in [6.07, 6.45) is 1.50. The number of fused-ring (bicyclic) bond motifs is 1. The lowest BCUT2D eigenvalue weighted by Crippen LogP contribution is -2.06. The number of rotatable bonds is 2. The molecule has 6 nitrogen and oxygen atoms in total. The smallest absolute Gasteiger partial charge is 0.273 e. The van der Waals surface area contributed by atoms with Crippen molar-refractivity contribution in [2.75, 3.05) is 11.6 Å². The number of nitrogen functional groups attached to an aromatic ring is 1. The first-order chi connectivity index (χ1) is 5.83. The molecule has 2 N–H and O–H groups in total. The summed E-state index contributed by atoms with van der Waals surface area (Å²) in [5.74, 6) is 7.01. The van der Waals surface area contributed by atoms with Crippen molar-refractivity contribution in [2.24, 2.45) is 0 Å². The van der Waals surface area contributed by atoms with Crippen LogP contribution in [0, 0.1) is 0 Å². The lowest BCUT2D eigenvalue weighted by Gasteiger charge is -1.88. The van der Waals surface area contributed by atoms with Crippen molar-refractivity contribution in [1.29, 1.82) is 0 Å². The topological polar surface area (TPSA) is 74.0 Å². The monoisotopic (exact) mass is 184 g/mol. The quantitative estimate of drug-likeness (QED) is 0.514. The fourth-order valence-corrected chi connectivity index (χ4v) is 1.51. The van der Waals surface area contributed by atoms with Gasteiger partial charge in [0.05, 0.1) is 0 Å². The van der Waals surface area contributed by atoms with Crippen LogP contribution in [-0.4, -0.2) is 30.2 Å². The third kappa shape index (κ3) is 0.934. The van der Waals surface area contributed by atoms with Gasteiger partial charge in [0, 0.05) is 0 Å². The highest BCUT2D eigenvalue weighted by Gasteiger charge is 2.08. The second-order valence-corrected chi connectivity index (χ2v) is 3.40. The summed E-state index contributed by atoms with van der Waals surface area (Å²) in [6, 6.07) is 0. The lowest BCUT2D eigenvalue weighted by atomic mass is 11.0. The maximum absolute atomic E-state index is 5.51. The van der Waals surface area contributed by atoms with E-state index in [2.05, 4.69) is 15.3 Å². The van der Waals surface area contributed by atoms with Crippen molar-refractivity contribution in [3.63, 3.8) is 0 Å². The standard InChI is InChI=1S/C5H8N6S/c1-2-12-5-9-8-4-10(6)3-7-11(4)5/h3H,2,6H2,1H3. The van der Waals surface area contributed by atoms with E-state index in [1.807, 2.05) is 6.92 Å². The highest BCUT2D eigenvalue weighted by molar-refractivity contribution is 7.99. The summed E-state index contributed by atoms with van der Waals surface area (Å²) < 4.78 is 2.96. The molecule has 2 heterocycles. The molecule has 0 amide bonds. The van der Waals surface area contributed by atoms with Crippen molar-refractivity contribution in [3.8, 4) is 0 Å². The number of nitrogens with zero attached hydrogens (tertiary/aromatic N) is 5. The van der Waals surface area contributed by atoms with Crippen LogP contribution in [0.4, 0.5) is 0 Å². The maximum Gasteiger partial charge on any atom is 0.273 e. The molecule has 0 saturated heterocycles. The molecule has 0 aliphatic rings. The van der Waals surface area contributed by atoms with Crippen LogP contribution in [0.2, 0.25) is 0 Å². The average molecular weight is 184 g/mol. The van der Waals surface area contributed by atoms with Crippen molar-refractivity contribution >= 4 is 17.5 Å². The molecule has 7 heteroatoms. The molecule has 2 rings (SSSR count). The van der Waals surface area contributed by atoms with Crippen LogP contribution in [0.1, 0.15) is 6.92 Å². The first-order valence-corrected chi connectivity index (χ1v) is 4.48. The second-order valence-electron chi connectivity index (χ2n) is 2.17. The predicted molar refractivity (Wildman–Crippen MR) is 45.3 cm³/mol. The zero-order valence-corrected chi connectivity index (χ0v) is 7.32. The van der Waals surface area contributed by atoms with Crippen LogP contribution in [-0.2, 0) is 0 Å². The number of thioether (sulfide) groups is 1. The summed E-state index contributed by atoms with van der Waals surface area (Å²) in [6.45, 7) is 2.05. The summed E-state index contributed by atoms with van der Waals surface area (Å²) in [7, 11) is 0. The van der Waals surface area contributed by atoms with Gasteiger partial charge < -0.3 is 5.84 Å². The number of nitrogens with two attached hydrogens (primary N) is 1. The Balaban J connectivity index is 2.55. The van der Waals surface area contributed by atoms with Crippen LogP contribution >= 0.6 is 11.8 Å². The Kier molecular flexibility index (Phi) is 1.65. The Morgan fingerprint density at radius 3 is 3.17 bits per heavy atom. The van der Waals surface area contributed by atoms with Gasteiger partial charge in [0.2, 0.25) is 5.16 Å². The molecule has 2 aromatic rings. The molecule has 0 atom stereocenters. The average Bonchev–Trinajstić information content (AvgIpc) is 2.58. The van der Waals surface area contributed by atoms with E-state index in [1.54, 1.807) is 16.3 Å². The third-order valence-electron chi connectivity index (χ3n) is 1.39. The normalized spacial score (nSPS) is 11.1. The van der Waals surface area contributed by atoms with Crippen LogP contribution in [0.25, 0.3) is 5.78 Å². The molecule has 0 bridgehead atoms. The molecular weight excluding hydrogens is 176 g/mol. The van der Waals surface area contributed by atoms with Gasteiger partial charge in [-0.1, -0.05) is 18.7 Å². The molecule has 0 aliphatic carbocycles. The summed E-state index contributed by atoms with van der Waals surface area (Å²) in [4.78, 5) is 0. The van der Waals surface area contributed by atoms with E-state index in [1.165, 1.54) is 11.0 Å². The van der Waals surface area contributed by atoms with E-state index in [0.29, 0.717) is 5.78 Å². The summed E-state index contributed by atoms with van der Waals surface area (Å²) in [5, 5.41) is 12.6. The van der Waals surface area contributed by atoms with Gasteiger partial charge in [-0.05, 0) is 5.75 Å². The van der Waals surface area contributed by atoms with Gasteiger partial charge in [-0.2, -0.15) is 9.61 Å². The highest BCUT2D eigenvalue weighted by Crippen LogP contribution is 2.13. The number of hydrogen-bond donors (Lipinski definition) is 1. The minimum Gasteiger partial charge on any atom is -0.335 e. The molecule has 0 aliphatic heterocycles. The largest absolute Gasteiger partial charge is 0.335 e. The van der Waals surface area contributed by atoms with Gasteiger partial charge in [0.15, 0.2) is 0 Å². The van der Waals surface area contributed by atoms with Crippen molar-refractivity contribution < 1.29 is 0 Å². The van der Waals surface area contributed by atoms with Crippen LogP contribution in [0.3, 0.4) is 0 Å². The zero-order valence-electron chi connectivity index (χ0n) is 6.51. The molecule has 0 fully saturated rings. The lowest BCUT2D eigenvalue weighted by molar-refractivity contribution is 0.820. The van der Waals surface area contributed by atoms with E-state index >= 15 is 0 Å². The van der Waals surface area contributed by atoms with Crippen LogP contribution in [0.5, 0.6) is 0 Å². The molecule has 0 saturated carbocycles. The van der Waals surface area contributed by atoms with E-state index in [0.717, 1.165) is 10.9 Å². The van der Waals surface area contributed by atoms with Gasteiger partial charge in [0.1, 0.15) is 6.33 Å². The molecule has 12 heavy (non-hydrogen) atoms. The molecule has 0 unspecified atom stereocenters. The fourth-order valence-electron chi connectivity index (χ4n) is 0.898. The SMILES string of the molecule is CCSc1nnc2n(N)cnn12. The van der Waals surface area contributed by atoms with Crippen LogP contribution in [0.15, 0.2) is 11.5 Å².